The van der Waals surface area contributed by atoms with Gasteiger partial charge in [-0.1, -0.05) is 0 Å². The van der Waals surface area contributed by atoms with E-state index in [1.54, 1.807) is 11.1 Å². The molecule has 0 radical (unpaired) electrons. The van der Waals surface area contributed by atoms with Crippen molar-refractivity contribution in [3.05, 3.63) is 21.8 Å². The van der Waals surface area contributed by atoms with Gasteiger partial charge in [0.2, 0.25) is 11.8 Å². The quantitative estimate of drug-likeness (QED) is 0.728. The number of anilines is 1. The average Bonchev–Trinajstić information content (AvgIpc) is 2.72. The first-order chi connectivity index (χ1) is 13.1. The Balaban J connectivity index is 1.57. The Kier molecular flexibility index (Phi) is 4.44. The van der Waals surface area contributed by atoms with E-state index in [1.807, 2.05) is 6.92 Å². The molecule has 1 saturated heterocycles. The number of nitrogens with one attached hydrogen (secondary N) is 1. The summed E-state index contributed by atoms with van der Waals surface area (Å²) in [5.41, 5.74) is 5.71. The van der Waals surface area contributed by atoms with Gasteiger partial charge in [0.05, 0.1) is 11.0 Å². The summed E-state index contributed by atoms with van der Waals surface area (Å²) < 4.78 is 28.2. The molecule has 5 rings (SSSR count). The molecule has 0 aromatic carbocycles. The lowest BCUT2D eigenvalue weighted by molar-refractivity contribution is -0.174. The number of pyridine rings is 1. The molecule has 4 fully saturated rings. The van der Waals surface area contributed by atoms with Gasteiger partial charge >= 0.3 is 0 Å². The van der Waals surface area contributed by atoms with Gasteiger partial charge in [-0.2, -0.15) is 0 Å². The molecule has 9 heteroatoms. The third kappa shape index (κ3) is 3.07. The van der Waals surface area contributed by atoms with E-state index in [0.29, 0.717) is 48.1 Å². The van der Waals surface area contributed by atoms with Crippen molar-refractivity contribution in [2.75, 3.05) is 18.0 Å². The van der Waals surface area contributed by atoms with Crippen molar-refractivity contribution in [3.8, 4) is 0 Å². The maximum absolute atomic E-state index is 13.8. The second kappa shape index (κ2) is 6.37. The third-order valence-electron chi connectivity index (χ3n) is 6.43. The Labute approximate surface area is 170 Å². The highest BCUT2D eigenvalue weighted by molar-refractivity contribution is 9.10. The molecule has 2 bridgehead atoms. The number of primary amides is 1. The van der Waals surface area contributed by atoms with Crippen molar-refractivity contribution >= 4 is 33.6 Å². The highest BCUT2D eigenvalue weighted by Gasteiger charge is 2.71. The van der Waals surface area contributed by atoms with Crippen molar-refractivity contribution in [3.63, 3.8) is 0 Å². The minimum absolute atomic E-state index is 0.150. The zero-order chi connectivity index (χ0) is 20.3. The van der Waals surface area contributed by atoms with E-state index in [4.69, 9.17) is 5.73 Å². The molecule has 0 spiro atoms. The minimum atomic E-state index is -2.68. The van der Waals surface area contributed by atoms with Crippen LogP contribution in [0.3, 0.4) is 0 Å². The van der Waals surface area contributed by atoms with Crippen LogP contribution in [0.15, 0.2) is 10.7 Å². The molecule has 2 heterocycles. The number of hydrogen-bond acceptors (Lipinski definition) is 4. The lowest BCUT2D eigenvalue weighted by atomic mass is 9.39. The van der Waals surface area contributed by atoms with Gasteiger partial charge in [-0.05, 0) is 54.1 Å². The maximum atomic E-state index is 13.8. The van der Waals surface area contributed by atoms with Crippen molar-refractivity contribution < 1.29 is 18.4 Å². The predicted molar refractivity (Wildman–Crippen MR) is 103 cm³/mol. The van der Waals surface area contributed by atoms with E-state index < -0.39 is 11.3 Å². The van der Waals surface area contributed by atoms with Crippen LogP contribution < -0.4 is 16.0 Å². The second-order valence-corrected chi connectivity index (χ2v) is 9.39. The Morgan fingerprint density at radius 3 is 2.57 bits per heavy atom. The molecule has 0 unspecified atom stereocenters. The maximum Gasteiger partial charge on any atom is 0.255 e. The SMILES string of the molecule is Cc1c(Br)cnc(N2CCCC(F)(F)CC2)c1C(=O)NC12CC(C(N)=O)(C1)C2. The molecular weight excluding hydrogens is 434 g/mol. The van der Waals surface area contributed by atoms with Gasteiger partial charge in [-0.15, -0.1) is 0 Å². The van der Waals surface area contributed by atoms with Crippen LogP contribution in [0, 0.1) is 12.3 Å². The first-order valence-corrected chi connectivity index (χ1v) is 10.3. The average molecular weight is 457 g/mol. The first kappa shape index (κ1) is 19.5. The molecule has 1 aliphatic heterocycles. The summed E-state index contributed by atoms with van der Waals surface area (Å²) in [5, 5.41) is 3.05. The first-order valence-electron chi connectivity index (χ1n) is 9.47. The third-order valence-corrected chi connectivity index (χ3v) is 7.23. The van der Waals surface area contributed by atoms with Gasteiger partial charge in [0.25, 0.3) is 5.91 Å². The standard InChI is InChI=1S/C19H23BrF2N4O2/c1-11-12(20)7-24-14(26-5-2-3-19(21,22)4-6-26)13(11)15(27)25-18-8-17(9-18,10-18)16(23)28/h7H,2-6,8-10H2,1H3,(H2,23,28)(H,25,27). The number of nitrogens with zero attached hydrogens (tertiary/aromatic N) is 2. The molecule has 2 amide bonds. The summed E-state index contributed by atoms with van der Waals surface area (Å²) in [4.78, 5) is 30.8. The minimum Gasteiger partial charge on any atom is -0.369 e. The van der Waals surface area contributed by atoms with Crippen LogP contribution in [0.4, 0.5) is 14.6 Å². The fourth-order valence-corrected chi connectivity index (χ4v) is 5.14. The fraction of sp³-hybridized carbons (Fsp3) is 0.632. The Morgan fingerprint density at radius 1 is 1.25 bits per heavy atom. The summed E-state index contributed by atoms with van der Waals surface area (Å²) >= 11 is 3.41. The molecule has 28 heavy (non-hydrogen) atoms. The molecule has 0 atom stereocenters. The highest BCUT2D eigenvalue weighted by atomic mass is 79.9. The zero-order valence-corrected chi connectivity index (χ0v) is 17.2. The van der Waals surface area contributed by atoms with Crippen LogP contribution in [0.5, 0.6) is 0 Å². The zero-order valence-electron chi connectivity index (χ0n) is 15.7. The van der Waals surface area contributed by atoms with Crippen LogP contribution in [-0.4, -0.2) is 41.3 Å². The van der Waals surface area contributed by atoms with Gasteiger partial charge in [-0.25, -0.2) is 13.8 Å². The van der Waals surface area contributed by atoms with E-state index in [1.165, 1.54) is 0 Å². The number of hydrogen-bond donors (Lipinski definition) is 2. The molecule has 152 valence electrons. The van der Waals surface area contributed by atoms with Crippen LogP contribution in [-0.2, 0) is 4.79 Å². The van der Waals surface area contributed by atoms with Crippen molar-refractivity contribution in [1.29, 1.82) is 0 Å². The molecule has 4 aliphatic rings. The van der Waals surface area contributed by atoms with Gasteiger partial charge in [-0.3, -0.25) is 9.59 Å². The number of nitrogens with two attached hydrogens (primary N) is 1. The molecular formula is C19H23BrF2N4O2. The van der Waals surface area contributed by atoms with Crippen LogP contribution in [0.1, 0.15) is 54.4 Å². The van der Waals surface area contributed by atoms with Crippen molar-refractivity contribution in [2.24, 2.45) is 11.1 Å². The Hall–Kier alpha value is -1.77. The number of carbonyl (C=O) groups excluding carboxylic acids is 2. The lowest BCUT2D eigenvalue weighted by Crippen LogP contribution is -2.78. The van der Waals surface area contributed by atoms with Crippen molar-refractivity contribution in [1.82, 2.24) is 10.3 Å². The molecule has 1 aromatic heterocycles. The summed E-state index contributed by atoms with van der Waals surface area (Å²) in [6, 6.07) is 0. The number of amides is 2. The van der Waals surface area contributed by atoms with Gasteiger partial charge in [0.15, 0.2) is 0 Å². The number of aromatic nitrogens is 1. The van der Waals surface area contributed by atoms with Crippen LogP contribution in [0.25, 0.3) is 0 Å². The van der Waals surface area contributed by atoms with E-state index in [0.717, 1.165) is 5.56 Å². The van der Waals surface area contributed by atoms with Gasteiger partial charge in [0, 0.05) is 42.1 Å². The highest BCUT2D eigenvalue weighted by Crippen LogP contribution is 2.67. The van der Waals surface area contributed by atoms with Crippen LogP contribution in [0.2, 0.25) is 0 Å². The van der Waals surface area contributed by atoms with Gasteiger partial charge < -0.3 is 16.0 Å². The predicted octanol–water partition coefficient (Wildman–Crippen LogP) is 2.92. The number of carbonyl (C=O) groups is 2. The van der Waals surface area contributed by atoms with Gasteiger partial charge in [0.1, 0.15) is 5.82 Å². The Morgan fingerprint density at radius 2 is 1.93 bits per heavy atom. The van der Waals surface area contributed by atoms with Crippen LogP contribution >= 0.6 is 15.9 Å². The summed E-state index contributed by atoms with van der Waals surface area (Å²) in [5.74, 6) is -2.84. The lowest BCUT2D eigenvalue weighted by Gasteiger charge is -2.68. The largest absolute Gasteiger partial charge is 0.369 e. The van der Waals surface area contributed by atoms with E-state index >= 15 is 0 Å². The van der Waals surface area contributed by atoms with E-state index in [2.05, 4.69) is 26.2 Å². The molecule has 3 N–H and O–H groups in total. The van der Waals surface area contributed by atoms with E-state index in [9.17, 15) is 18.4 Å². The summed E-state index contributed by atoms with van der Waals surface area (Å²) in [7, 11) is 0. The monoisotopic (exact) mass is 456 g/mol. The number of halogens is 3. The topological polar surface area (TPSA) is 88.3 Å². The molecule has 3 aliphatic carbocycles. The van der Waals surface area contributed by atoms with Crippen molar-refractivity contribution in [2.45, 2.75) is 56.9 Å². The summed E-state index contributed by atoms with van der Waals surface area (Å²) in [6.07, 6.45) is 3.23. The Bertz CT molecular complexity index is 841. The fourth-order valence-electron chi connectivity index (χ4n) is 4.84. The molecule has 3 saturated carbocycles. The molecule has 1 aromatic rings. The van der Waals surface area contributed by atoms with E-state index in [-0.39, 0.29) is 36.7 Å². The summed E-state index contributed by atoms with van der Waals surface area (Å²) in [6.45, 7) is 2.39. The number of alkyl halides is 2. The normalized spacial score (nSPS) is 30.6. The molecule has 6 nitrogen and oxygen atoms in total. The second-order valence-electron chi connectivity index (χ2n) is 8.54. The number of rotatable bonds is 4. The smallest absolute Gasteiger partial charge is 0.255 e.